The fourth-order valence-corrected chi connectivity index (χ4v) is 8.75. The third-order valence-corrected chi connectivity index (χ3v) is 12.3. The van der Waals surface area contributed by atoms with E-state index in [1.165, 1.54) is 59.1 Å². The van der Waals surface area contributed by atoms with E-state index in [1.54, 1.807) is 0 Å². The van der Waals surface area contributed by atoms with E-state index in [2.05, 4.69) is 19.9 Å². The van der Waals surface area contributed by atoms with Gasteiger partial charge in [0.15, 0.2) is 0 Å². The lowest BCUT2D eigenvalue weighted by molar-refractivity contribution is -0.186. The Kier molecular flexibility index (Phi) is 15.1. The molecular weight excluding hydrogens is 987 g/mol. The van der Waals surface area contributed by atoms with E-state index in [0.717, 1.165) is 40.5 Å². The van der Waals surface area contributed by atoms with Crippen molar-refractivity contribution in [3.8, 4) is 33.8 Å². The second-order valence-electron chi connectivity index (χ2n) is 14.1. The summed E-state index contributed by atoms with van der Waals surface area (Å²) in [6.07, 6.45) is -8.51. The van der Waals surface area contributed by atoms with Crippen LogP contribution in [-0.4, -0.2) is 81.6 Å². The van der Waals surface area contributed by atoms with E-state index in [1.807, 2.05) is 0 Å². The summed E-state index contributed by atoms with van der Waals surface area (Å²) < 4.78 is 133. The van der Waals surface area contributed by atoms with Crippen LogP contribution in [0.15, 0.2) is 83.3 Å². The minimum atomic E-state index is -5.01. The van der Waals surface area contributed by atoms with Gasteiger partial charge in [-0.1, -0.05) is 75.9 Å². The Hall–Kier alpha value is -4.67. The van der Waals surface area contributed by atoms with Crippen molar-refractivity contribution in [2.75, 3.05) is 31.0 Å². The number of rotatable bonds is 13. The number of aromatic nitrogens is 3. The molecule has 1 saturated heterocycles. The number of halogens is 11. The first-order valence-electron chi connectivity index (χ1n) is 18.5. The SMILES string of the molecule is O=C(OCC(Cl)(Cl)Cl)N(CCC1CCN(C(=O)C(F)(F)F)CC1)Cc1cc(-c2cc(-c3cccc(C(F)(F)F)c3)ccc2Oc2cc(F)c(S(=O)(=O)Nc3nncs3)cc2Cl)ccn1. The minimum Gasteiger partial charge on any atom is -0.455 e. The van der Waals surface area contributed by atoms with Gasteiger partial charge in [-0.05, 0) is 84.3 Å². The summed E-state index contributed by atoms with van der Waals surface area (Å²) in [5.74, 6) is -3.73. The van der Waals surface area contributed by atoms with E-state index >= 15 is 4.39 Å². The van der Waals surface area contributed by atoms with Crippen molar-refractivity contribution in [1.82, 2.24) is 25.0 Å². The van der Waals surface area contributed by atoms with Gasteiger partial charge in [-0.3, -0.25) is 14.5 Å². The lowest BCUT2D eigenvalue weighted by Gasteiger charge is -2.33. The van der Waals surface area contributed by atoms with Gasteiger partial charge < -0.3 is 19.3 Å². The average molecular weight is 1020 g/mol. The molecule has 1 fully saturated rings. The maximum Gasteiger partial charge on any atom is 0.471 e. The van der Waals surface area contributed by atoms with Gasteiger partial charge in [0, 0.05) is 37.5 Å². The molecule has 64 heavy (non-hydrogen) atoms. The highest BCUT2D eigenvalue weighted by Gasteiger charge is 2.43. The van der Waals surface area contributed by atoms with Crippen LogP contribution in [0, 0.1) is 11.7 Å². The number of pyridine rings is 1. The van der Waals surface area contributed by atoms with Crippen molar-refractivity contribution in [2.45, 2.75) is 46.8 Å². The van der Waals surface area contributed by atoms with Crippen molar-refractivity contribution < 1.29 is 58.2 Å². The predicted molar refractivity (Wildman–Crippen MR) is 224 cm³/mol. The molecule has 0 spiro atoms. The monoisotopic (exact) mass is 1020 g/mol. The molecule has 0 aliphatic carbocycles. The quantitative estimate of drug-likeness (QED) is 0.0900. The number of hydrogen-bond acceptors (Lipinski definition) is 10. The number of anilines is 1. The summed E-state index contributed by atoms with van der Waals surface area (Å²) >= 11 is 24.7. The van der Waals surface area contributed by atoms with E-state index in [0.29, 0.717) is 5.56 Å². The third kappa shape index (κ3) is 12.8. The summed E-state index contributed by atoms with van der Waals surface area (Å²) in [4.78, 5) is 30.6. The molecule has 0 saturated carbocycles. The zero-order valence-corrected chi connectivity index (χ0v) is 37.1. The Bertz CT molecular complexity index is 2600. The highest BCUT2D eigenvalue weighted by atomic mass is 35.6. The van der Waals surface area contributed by atoms with Gasteiger partial charge in [0.2, 0.25) is 8.92 Å². The number of carbonyl (C=O) groups excluding carboxylic acids is 2. The number of sulfonamides is 1. The molecule has 0 atom stereocenters. The number of nitrogens with zero attached hydrogens (tertiary/aromatic N) is 5. The van der Waals surface area contributed by atoms with Crippen LogP contribution in [-0.2, 0) is 32.3 Å². The average Bonchev–Trinajstić information content (AvgIpc) is 3.74. The van der Waals surface area contributed by atoms with E-state index in [4.69, 9.17) is 55.9 Å². The fourth-order valence-electron chi connectivity index (χ4n) is 6.54. The van der Waals surface area contributed by atoms with E-state index in [-0.39, 0.29) is 95.4 Å². The Morgan fingerprint density at radius 3 is 2.30 bits per heavy atom. The van der Waals surface area contributed by atoms with Crippen LogP contribution in [0.1, 0.15) is 30.5 Å². The number of ether oxygens (including phenoxy) is 2. The highest BCUT2D eigenvalue weighted by molar-refractivity contribution is 7.93. The van der Waals surface area contributed by atoms with Gasteiger partial charge in [0.25, 0.3) is 10.0 Å². The third-order valence-electron chi connectivity index (χ3n) is 9.63. The molecule has 1 aliphatic heterocycles. The Balaban J connectivity index is 1.32. The molecule has 0 radical (unpaired) electrons. The molecule has 0 bridgehead atoms. The lowest BCUT2D eigenvalue weighted by atomic mass is 9.93. The number of nitrogens with one attached hydrogen (secondary N) is 1. The number of hydrogen-bond donors (Lipinski definition) is 1. The Labute approximate surface area is 384 Å². The molecule has 342 valence electrons. The van der Waals surface area contributed by atoms with Crippen LogP contribution in [0.25, 0.3) is 22.3 Å². The van der Waals surface area contributed by atoms with Crippen LogP contribution in [0.4, 0.5) is 40.7 Å². The summed E-state index contributed by atoms with van der Waals surface area (Å²) in [5.41, 5.74) is 1.54. The first-order valence-corrected chi connectivity index (χ1v) is 22.4. The molecule has 1 N–H and O–H groups in total. The van der Waals surface area contributed by atoms with Crippen LogP contribution in [0.3, 0.4) is 0 Å². The second kappa shape index (κ2) is 19.8. The van der Waals surface area contributed by atoms with Crippen LogP contribution in [0.2, 0.25) is 5.02 Å². The van der Waals surface area contributed by atoms with Crippen LogP contribution < -0.4 is 9.46 Å². The Morgan fingerprint density at radius 2 is 1.64 bits per heavy atom. The first-order chi connectivity index (χ1) is 30.0. The van der Waals surface area contributed by atoms with Gasteiger partial charge in [-0.2, -0.15) is 26.3 Å². The highest BCUT2D eigenvalue weighted by Crippen LogP contribution is 2.41. The van der Waals surface area contributed by atoms with Crippen LogP contribution in [0.5, 0.6) is 11.5 Å². The summed E-state index contributed by atoms with van der Waals surface area (Å²) in [5, 5.41) is 6.63. The summed E-state index contributed by atoms with van der Waals surface area (Å²) in [6, 6.07) is 13.4. The molecule has 1 aliphatic rings. The number of likely N-dealkylation sites (tertiary alicyclic amines) is 1. The fraction of sp³-hybridized carbons (Fsp3) is 0.308. The normalized spacial score (nSPS) is 14.0. The molecule has 6 rings (SSSR count). The zero-order chi connectivity index (χ0) is 46.6. The van der Waals surface area contributed by atoms with Crippen molar-refractivity contribution >= 4 is 84.9 Å². The molecule has 2 amide bonds. The van der Waals surface area contributed by atoms with E-state index < -0.39 is 61.1 Å². The number of alkyl halides is 9. The molecule has 3 aromatic carbocycles. The number of amides is 2. The van der Waals surface area contributed by atoms with Crippen LogP contribution >= 0.6 is 57.7 Å². The molecule has 5 aromatic rings. The first kappa shape index (κ1) is 48.8. The number of benzene rings is 3. The molecular formula is C39H31Cl4F7N6O6S2. The van der Waals surface area contributed by atoms with Crippen molar-refractivity contribution in [2.24, 2.45) is 5.92 Å². The van der Waals surface area contributed by atoms with Crippen molar-refractivity contribution in [3.63, 3.8) is 0 Å². The smallest absolute Gasteiger partial charge is 0.455 e. The molecule has 2 aromatic heterocycles. The van der Waals surface area contributed by atoms with Gasteiger partial charge in [0.1, 0.15) is 34.3 Å². The van der Waals surface area contributed by atoms with Gasteiger partial charge >= 0.3 is 24.4 Å². The van der Waals surface area contributed by atoms with Gasteiger partial charge in [-0.25, -0.2) is 17.6 Å². The van der Waals surface area contributed by atoms with Crippen molar-refractivity contribution in [1.29, 1.82) is 0 Å². The molecule has 3 heterocycles. The summed E-state index contributed by atoms with van der Waals surface area (Å²) in [7, 11) is -4.53. The molecule has 0 unspecified atom stereocenters. The summed E-state index contributed by atoms with van der Waals surface area (Å²) in [6.45, 7) is -1.17. The minimum absolute atomic E-state index is 0.00605. The molecule has 12 nitrogen and oxygen atoms in total. The number of piperidine rings is 1. The maximum absolute atomic E-state index is 15.5. The van der Waals surface area contributed by atoms with Gasteiger partial charge in [-0.15, -0.1) is 10.2 Å². The largest absolute Gasteiger partial charge is 0.471 e. The van der Waals surface area contributed by atoms with E-state index in [9.17, 15) is 44.3 Å². The predicted octanol–water partition coefficient (Wildman–Crippen LogP) is 11.2. The van der Waals surface area contributed by atoms with Gasteiger partial charge in [0.05, 0.1) is 22.8 Å². The lowest BCUT2D eigenvalue weighted by Crippen LogP contribution is -2.45. The number of carbonyl (C=O) groups is 2. The topological polar surface area (TPSA) is 144 Å². The standard InChI is InChI=1S/C39H31Cl4F7N6O6S2/c40-29-17-33(64(59,60)54-35-53-52-21-63-35)30(44)18-32(29)62-31-5-4-24(23-2-1-3-26(14-23)38(45,46)47)16-28(31)25-6-10-51-27(15-25)19-56(36(58)61-20-37(41,42)43)13-9-22-7-11-55(12-8-22)34(57)39(48,49)50/h1-6,10,14-18,21-22H,7-9,11-13,19-20H2,(H,53,54). The van der Waals surface area contributed by atoms with Crippen molar-refractivity contribution in [3.05, 3.63) is 101 Å². The maximum atomic E-state index is 15.5. The Morgan fingerprint density at radius 1 is 0.922 bits per heavy atom. The zero-order valence-electron chi connectivity index (χ0n) is 32.4. The molecule has 25 heteroatoms. The second-order valence-corrected chi connectivity index (χ2v) is 19.5.